The molecule has 0 saturated carbocycles. The predicted octanol–water partition coefficient (Wildman–Crippen LogP) is 4.25. The highest BCUT2D eigenvalue weighted by Crippen LogP contribution is 2.24. The van der Waals surface area contributed by atoms with Crippen molar-refractivity contribution in [2.75, 3.05) is 12.4 Å². The number of nitrogens with one attached hydrogen (secondary N) is 1. The van der Waals surface area contributed by atoms with Crippen LogP contribution in [0.25, 0.3) is 10.8 Å². The maximum absolute atomic E-state index is 12.4. The van der Waals surface area contributed by atoms with Gasteiger partial charge < -0.3 is 14.8 Å². The molecule has 0 unspecified atom stereocenters. The first kappa shape index (κ1) is 15.9. The molecule has 3 aromatic carbocycles. The van der Waals surface area contributed by atoms with Crippen molar-refractivity contribution in [2.24, 2.45) is 0 Å². The van der Waals surface area contributed by atoms with Crippen LogP contribution in [0.2, 0.25) is 0 Å². The third-order valence-corrected chi connectivity index (χ3v) is 3.77. The van der Waals surface area contributed by atoms with Gasteiger partial charge in [-0.25, -0.2) is 0 Å². The zero-order chi connectivity index (χ0) is 16.9. The van der Waals surface area contributed by atoms with Crippen LogP contribution in [0.1, 0.15) is 6.92 Å². The number of amides is 1. The quantitative estimate of drug-likeness (QED) is 0.764. The molecule has 1 atom stereocenters. The van der Waals surface area contributed by atoms with Gasteiger partial charge in [0, 0.05) is 17.1 Å². The number of hydrogen-bond acceptors (Lipinski definition) is 3. The van der Waals surface area contributed by atoms with E-state index in [9.17, 15) is 4.79 Å². The molecule has 24 heavy (non-hydrogen) atoms. The molecule has 0 aliphatic heterocycles. The van der Waals surface area contributed by atoms with Gasteiger partial charge in [-0.05, 0) is 30.5 Å². The SMILES string of the molecule is COc1cccc(O[C@H](C)C(=O)Nc2cccc3ccccc23)c1. The lowest BCUT2D eigenvalue weighted by molar-refractivity contribution is -0.122. The van der Waals surface area contributed by atoms with E-state index in [4.69, 9.17) is 9.47 Å². The van der Waals surface area contributed by atoms with Gasteiger partial charge in [-0.1, -0.05) is 42.5 Å². The lowest BCUT2D eigenvalue weighted by Crippen LogP contribution is -2.30. The minimum absolute atomic E-state index is 0.200. The summed E-state index contributed by atoms with van der Waals surface area (Å²) in [5.74, 6) is 1.08. The van der Waals surface area contributed by atoms with Gasteiger partial charge in [-0.15, -0.1) is 0 Å². The molecule has 122 valence electrons. The number of anilines is 1. The van der Waals surface area contributed by atoms with Gasteiger partial charge >= 0.3 is 0 Å². The van der Waals surface area contributed by atoms with E-state index in [2.05, 4.69) is 5.32 Å². The lowest BCUT2D eigenvalue weighted by atomic mass is 10.1. The highest BCUT2D eigenvalue weighted by atomic mass is 16.5. The van der Waals surface area contributed by atoms with E-state index in [0.717, 1.165) is 16.5 Å². The van der Waals surface area contributed by atoms with Crippen LogP contribution in [0, 0.1) is 0 Å². The Morgan fingerprint density at radius 3 is 2.50 bits per heavy atom. The summed E-state index contributed by atoms with van der Waals surface area (Å²) in [7, 11) is 1.59. The summed E-state index contributed by atoms with van der Waals surface area (Å²) in [5.41, 5.74) is 0.777. The molecular formula is C20H19NO3. The molecule has 0 aliphatic rings. The predicted molar refractivity (Wildman–Crippen MR) is 95.7 cm³/mol. The van der Waals surface area contributed by atoms with Gasteiger partial charge in [-0.3, -0.25) is 4.79 Å². The standard InChI is InChI=1S/C20H19NO3/c1-14(24-17-10-6-9-16(13-17)23-2)20(22)21-19-12-5-8-15-7-3-4-11-18(15)19/h3-14H,1-2H3,(H,21,22)/t14-/m1/s1. The van der Waals surface area contributed by atoms with Crippen LogP contribution < -0.4 is 14.8 Å². The number of benzene rings is 3. The number of rotatable bonds is 5. The van der Waals surface area contributed by atoms with Crippen LogP contribution >= 0.6 is 0 Å². The average molecular weight is 321 g/mol. The average Bonchev–Trinajstić information content (AvgIpc) is 2.62. The smallest absolute Gasteiger partial charge is 0.265 e. The maximum atomic E-state index is 12.4. The van der Waals surface area contributed by atoms with E-state index in [1.807, 2.05) is 54.6 Å². The first-order valence-corrected chi connectivity index (χ1v) is 7.77. The van der Waals surface area contributed by atoms with E-state index < -0.39 is 6.10 Å². The molecule has 3 rings (SSSR count). The minimum Gasteiger partial charge on any atom is -0.497 e. The van der Waals surface area contributed by atoms with Crippen molar-refractivity contribution >= 4 is 22.4 Å². The highest BCUT2D eigenvalue weighted by Gasteiger charge is 2.16. The molecule has 0 heterocycles. The van der Waals surface area contributed by atoms with Gasteiger partial charge in [0.05, 0.1) is 7.11 Å². The molecule has 1 amide bonds. The van der Waals surface area contributed by atoms with Crippen molar-refractivity contribution in [1.82, 2.24) is 0 Å². The molecule has 0 aliphatic carbocycles. The van der Waals surface area contributed by atoms with Crippen LogP contribution in [0.3, 0.4) is 0 Å². The van der Waals surface area contributed by atoms with Crippen molar-refractivity contribution in [3.05, 3.63) is 66.7 Å². The van der Waals surface area contributed by atoms with Crippen molar-refractivity contribution < 1.29 is 14.3 Å². The van der Waals surface area contributed by atoms with Gasteiger partial charge in [0.25, 0.3) is 5.91 Å². The van der Waals surface area contributed by atoms with E-state index in [0.29, 0.717) is 11.5 Å². The second kappa shape index (κ2) is 7.04. The molecular weight excluding hydrogens is 302 g/mol. The molecule has 0 aromatic heterocycles. The van der Waals surface area contributed by atoms with Crippen LogP contribution in [0.4, 0.5) is 5.69 Å². The Kier molecular flexibility index (Phi) is 4.66. The number of carbonyl (C=O) groups excluding carboxylic acids is 1. The third-order valence-electron chi connectivity index (χ3n) is 3.77. The fraction of sp³-hybridized carbons (Fsp3) is 0.150. The van der Waals surface area contributed by atoms with E-state index >= 15 is 0 Å². The fourth-order valence-electron chi connectivity index (χ4n) is 2.50. The first-order valence-electron chi connectivity index (χ1n) is 7.77. The van der Waals surface area contributed by atoms with Crippen LogP contribution in [-0.4, -0.2) is 19.1 Å². The van der Waals surface area contributed by atoms with E-state index in [-0.39, 0.29) is 5.91 Å². The zero-order valence-electron chi connectivity index (χ0n) is 13.7. The summed E-state index contributed by atoms with van der Waals surface area (Å²) in [6, 6.07) is 20.9. The van der Waals surface area contributed by atoms with Crippen LogP contribution in [0.5, 0.6) is 11.5 Å². The molecule has 4 nitrogen and oxygen atoms in total. The summed E-state index contributed by atoms with van der Waals surface area (Å²) in [4.78, 5) is 12.4. The molecule has 0 bridgehead atoms. The Morgan fingerprint density at radius 1 is 0.958 bits per heavy atom. The largest absolute Gasteiger partial charge is 0.497 e. The van der Waals surface area contributed by atoms with Gasteiger partial charge in [0.1, 0.15) is 11.5 Å². The molecule has 3 aromatic rings. The maximum Gasteiger partial charge on any atom is 0.265 e. The normalized spacial score (nSPS) is 11.8. The summed E-state index contributed by atoms with van der Waals surface area (Å²) < 4.78 is 10.9. The molecule has 4 heteroatoms. The van der Waals surface area contributed by atoms with E-state index in [1.165, 1.54) is 0 Å². The Morgan fingerprint density at radius 2 is 1.67 bits per heavy atom. The summed E-state index contributed by atoms with van der Waals surface area (Å²) in [5, 5.41) is 5.02. The highest BCUT2D eigenvalue weighted by molar-refractivity contribution is 6.03. The van der Waals surface area contributed by atoms with Gasteiger partial charge in [0.15, 0.2) is 6.10 Å². The zero-order valence-corrected chi connectivity index (χ0v) is 13.7. The summed E-state index contributed by atoms with van der Waals surface area (Å²) >= 11 is 0. The van der Waals surface area contributed by atoms with Crippen molar-refractivity contribution in [2.45, 2.75) is 13.0 Å². The minimum atomic E-state index is -0.629. The molecule has 0 radical (unpaired) electrons. The molecule has 0 fully saturated rings. The number of carbonyl (C=O) groups is 1. The Hall–Kier alpha value is -3.01. The first-order chi connectivity index (χ1) is 11.7. The van der Waals surface area contributed by atoms with Crippen LogP contribution in [-0.2, 0) is 4.79 Å². The Labute approximate surface area is 141 Å². The Balaban J connectivity index is 1.73. The van der Waals surface area contributed by atoms with Crippen molar-refractivity contribution in [3.63, 3.8) is 0 Å². The third kappa shape index (κ3) is 3.49. The lowest BCUT2D eigenvalue weighted by Gasteiger charge is -2.16. The monoisotopic (exact) mass is 321 g/mol. The number of methoxy groups -OCH3 is 1. The fourth-order valence-corrected chi connectivity index (χ4v) is 2.50. The second-order valence-corrected chi connectivity index (χ2v) is 5.46. The van der Waals surface area contributed by atoms with Gasteiger partial charge in [-0.2, -0.15) is 0 Å². The van der Waals surface area contributed by atoms with Crippen molar-refractivity contribution in [3.8, 4) is 11.5 Å². The Bertz CT molecular complexity index is 855. The molecule has 0 saturated heterocycles. The summed E-state index contributed by atoms with van der Waals surface area (Å²) in [6.45, 7) is 1.72. The molecule has 0 spiro atoms. The van der Waals surface area contributed by atoms with E-state index in [1.54, 1.807) is 26.2 Å². The second-order valence-electron chi connectivity index (χ2n) is 5.46. The molecule has 1 N–H and O–H groups in total. The number of fused-ring (bicyclic) bond motifs is 1. The van der Waals surface area contributed by atoms with Crippen molar-refractivity contribution in [1.29, 1.82) is 0 Å². The topological polar surface area (TPSA) is 47.6 Å². The number of hydrogen-bond donors (Lipinski definition) is 1. The number of ether oxygens (including phenoxy) is 2. The summed E-state index contributed by atoms with van der Waals surface area (Å²) in [6.07, 6.45) is -0.629. The van der Waals surface area contributed by atoms with Crippen LogP contribution in [0.15, 0.2) is 66.7 Å². The van der Waals surface area contributed by atoms with Gasteiger partial charge in [0.2, 0.25) is 0 Å².